The Balaban J connectivity index is 1.53. The number of imidazole rings is 1. The number of aromatic nitrogens is 3. The quantitative estimate of drug-likeness (QED) is 0.198. The lowest BCUT2D eigenvalue weighted by molar-refractivity contribution is -0.129. The molecule has 0 aliphatic rings. The number of benzene rings is 2. The number of fused-ring (bicyclic) bond motifs is 1. The molecule has 0 aliphatic heterocycles. The molecule has 3 amide bonds. The van der Waals surface area contributed by atoms with Gasteiger partial charge in [-0.3, -0.25) is 14.6 Å². The number of ether oxygens (including phenoxy) is 1. The molecule has 213 valence electrons. The molecule has 4 N–H and O–H groups in total. The van der Waals surface area contributed by atoms with Crippen LogP contribution in [0.2, 0.25) is 0 Å². The van der Waals surface area contributed by atoms with Gasteiger partial charge in [0.1, 0.15) is 18.7 Å². The van der Waals surface area contributed by atoms with Gasteiger partial charge in [0.05, 0.1) is 17.5 Å². The van der Waals surface area contributed by atoms with E-state index in [0.29, 0.717) is 18.0 Å². The van der Waals surface area contributed by atoms with Crippen molar-refractivity contribution in [1.82, 2.24) is 30.9 Å². The van der Waals surface area contributed by atoms with Crippen molar-refractivity contribution in [2.24, 2.45) is 5.92 Å². The average molecular weight is 556 g/mol. The molecule has 0 fully saturated rings. The molecule has 0 aliphatic carbocycles. The molecule has 10 nitrogen and oxygen atoms in total. The molecule has 4 aromatic rings. The average Bonchev–Trinajstić information content (AvgIpc) is 3.49. The van der Waals surface area contributed by atoms with Gasteiger partial charge in [-0.15, -0.1) is 0 Å². The van der Waals surface area contributed by atoms with Crippen molar-refractivity contribution in [3.63, 3.8) is 0 Å². The fourth-order valence-electron chi connectivity index (χ4n) is 4.26. The first kappa shape index (κ1) is 29.3. The Morgan fingerprint density at radius 1 is 0.902 bits per heavy atom. The number of carbonyl (C=O) groups excluding carboxylic acids is 3. The highest BCUT2D eigenvalue weighted by molar-refractivity contribution is 5.92. The molecule has 10 heteroatoms. The van der Waals surface area contributed by atoms with Gasteiger partial charge in [-0.2, -0.15) is 0 Å². The molecule has 0 saturated carbocycles. The molecule has 2 heterocycles. The number of pyridine rings is 1. The van der Waals surface area contributed by atoms with Crippen molar-refractivity contribution in [2.75, 3.05) is 0 Å². The van der Waals surface area contributed by atoms with Gasteiger partial charge in [0.15, 0.2) is 0 Å². The number of para-hydroxylation sites is 1. The van der Waals surface area contributed by atoms with Crippen LogP contribution >= 0.6 is 0 Å². The summed E-state index contributed by atoms with van der Waals surface area (Å²) in [6, 6.07) is 16.7. The van der Waals surface area contributed by atoms with Crippen LogP contribution in [0.25, 0.3) is 10.9 Å². The first-order valence-corrected chi connectivity index (χ1v) is 13.6. The Morgan fingerprint density at radius 2 is 1.68 bits per heavy atom. The molecule has 0 unspecified atom stereocenters. The first-order valence-electron chi connectivity index (χ1n) is 13.6. The zero-order chi connectivity index (χ0) is 29.0. The standard InChI is InChI=1S/C31H35N6O4/c1-21(2)13-15-34-29(38)27(17-25-18-32-20-35-25)36-30(39)26(37-31(40)41-19-22-8-4-3-5-9-22)16-24-11-6-10-23-12-7-14-33-28(23)24/h3-12,14-15,18,20-21,26-27H,13,16-17,19H2,1-2H3,(H,32,35)(H,34,38)(H,36,39)(H,37,40)/t26-,27-/m1/s1. The number of rotatable bonds is 13. The Labute approximate surface area is 239 Å². The number of carbonyl (C=O) groups is 3. The molecule has 41 heavy (non-hydrogen) atoms. The molecule has 1 radical (unpaired) electrons. The number of alkyl carbamates (subject to hydrolysis) is 1. The summed E-state index contributed by atoms with van der Waals surface area (Å²) in [5.41, 5.74) is 2.92. The number of amides is 3. The fourth-order valence-corrected chi connectivity index (χ4v) is 4.26. The van der Waals surface area contributed by atoms with Crippen LogP contribution in [-0.2, 0) is 33.8 Å². The van der Waals surface area contributed by atoms with Crippen LogP contribution in [0.4, 0.5) is 4.79 Å². The third-order valence-corrected chi connectivity index (χ3v) is 6.40. The molecule has 2 aromatic heterocycles. The zero-order valence-electron chi connectivity index (χ0n) is 23.2. The molecule has 2 aromatic carbocycles. The van der Waals surface area contributed by atoms with Gasteiger partial charge in [-0.05, 0) is 29.5 Å². The van der Waals surface area contributed by atoms with E-state index in [1.165, 1.54) is 6.33 Å². The van der Waals surface area contributed by atoms with Crippen LogP contribution in [0, 0.1) is 12.5 Å². The normalized spacial score (nSPS) is 12.5. The van der Waals surface area contributed by atoms with Crippen molar-refractivity contribution in [3.05, 3.63) is 103 Å². The molecular weight excluding hydrogens is 520 g/mol. The predicted molar refractivity (Wildman–Crippen MR) is 155 cm³/mol. The fraction of sp³-hybridized carbons (Fsp3) is 0.290. The number of nitrogens with zero attached hydrogens (tertiary/aromatic N) is 2. The third kappa shape index (κ3) is 8.89. The number of hydrogen-bond donors (Lipinski definition) is 4. The predicted octanol–water partition coefficient (Wildman–Crippen LogP) is 3.85. The summed E-state index contributed by atoms with van der Waals surface area (Å²) in [5.74, 6) is -0.548. The van der Waals surface area contributed by atoms with Crippen molar-refractivity contribution >= 4 is 28.8 Å². The highest BCUT2D eigenvalue weighted by atomic mass is 16.5. The van der Waals surface area contributed by atoms with E-state index in [0.717, 1.165) is 22.0 Å². The van der Waals surface area contributed by atoms with Crippen LogP contribution in [0.5, 0.6) is 0 Å². The van der Waals surface area contributed by atoms with Crippen LogP contribution in [0.3, 0.4) is 0 Å². The summed E-state index contributed by atoms with van der Waals surface area (Å²) in [7, 11) is 0. The van der Waals surface area contributed by atoms with E-state index in [9.17, 15) is 14.4 Å². The van der Waals surface area contributed by atoms with Crippen molar-refractivity contribution in [1.29, 1.82) is 0 Å². The van der Waals surface area contributed by atoms with Gasteiger partial charge < -0.3 is 25.7 Å². The van der Waals surface area contributed by atoms with E-state index in [4.69, 9.17) is 4.74 Å². The van der Waals surface area contributed by atoms with Crippen LogP contribution in [0.1, 0.15) is 37.1 Å². The van der Waals surface area contributed by atoms with E-state index in [1.54, 1.807) is 18.9 Å². The number of nitrogens with one attached hydrogen (secondary N) is 4. The van der Waals surface area contributed by atoms with Crippen molar-refractivity contribution in [3.8, 4) is 0 Å². The van der Waals surface area contributed by atoms with Crippen molar-refractivity contribution in [2.45, 2.75) is 51.8 Å². The minimum atomic E-state index is -1.04. The van der Waals surface area contributed by atoms with E-state index in [-0.39, 0.29) is 25.4 Å². The summed E-state index contributed by atoms with van der Waals surface area (Å²) in [6.07, 6.45) is 5.09. The van der Waals surface area contributed by atoms with Gasteiger partial charge in [-0.25, -0.2) is 9.78 Å². The Bertz CT molecular complexity index is 1420. The van der Waals surface area contributed by atoms with Gasteiger partial charge in [0.25, 0.3) is 0 Å². The van der Waals surface area contributed by atoms with Gasteiger partial charge >= 0.3 is 6.09 Å². The maximum absolute atomic E-state index is 13.7. The first-order chi connectivity index (χ1) is 19.9. The minimum absolute atomic E-state index is 0.0483. The van der Waals surface area contributed by atoms with E-state index < -0.39 is 24.1 Å². The summed E-state index contributed by atoms with van der Waals surface area (Å²) in [4.78, 5) is 51.2. The SMILES string of the molecule is CC(C)C[CH]NC(=O)[C@@H](Cc1c[nH]cn1)NC(=O)[C@@H](Cc1cccc2cccnc12)NC(=O)OCc1ccccc1. The van der Waals surface area contributed by atoms with Crippen LogP contribution in [0.15, 0.2) is 79.4 Å². The summed E-state index contributed by atoms with van der Waals surface area (Å²) >= 11 is 0. The summed E-state index contributed by atoms with van der Waals surface area (Å²) in [5, 5.41) is 9.22. The Hall–Kier alpha value is -4.73. The van der Waals surface area contributed by atoms with E-state index in [1.807, 2.05) is 74.5 Å². The molecule has 2 atom stereocenters. The van der Waals surface area contributed by atoms with Crippen molar-refractivity contribution < 1.29 is 19.1 Å². The molecule has 0 bridgehead atoms. The zero-order valence-corrected chi connectivity index (χ0v) is 23.2. The highest BCUT2D eigenvalue weighted by Gasteiger charge is 2.28. The van der Waals surface area contributed by atoms with E-state index >= 15 is 0 Å². The molecule has 0 saturated heterocycles. The largest absolute Gasteiger partial charge is 0.445 e. The maximum atomic E-state index is 13.7. The summed E-state index contributed by atoms with van der Waals surface area (Å²) < 4.78 is 5.40. The lowest BCUT2D eigenvalue weighted by Crippen LogP contribution is -2.55. The number of H-pyrrole nitrogens is 1. The topological polar surface area (TPSA) is 138 Å². The maximum Gasteiger partial charge on any atom is 0.408 e. The van der Waals surface area contributed by atoms with Gasteiger partial charge in [0.2, 0.25) is 11.8 Å². The number of aromatic amines is 1. The smallest absolute Gasteiger partial charge is 0.408 e. The van der Waals surface area contributed by atoms with Gasteiger partial charge in [-0.1, -0.05) is 68.4 Å². The second kappa shape index (κ2) is 14.6. The lowest BCUT2D eigenvalue weighted by atomic mass is 10.0. The molecule has 0 spiro atoms. The summed E-state index contributed by atoms with van der Waals surface area (Å²) in [6.45, 7) is 5.82. The van der Waals surface area contributed by atoms with Crippen LogP contribution < -0.4 is 16.0 Å². The second-order valence-electron chi connectivity index (χ2n) is 10.1. The van der Waals surface area contributed by atoms with E-state index in [2.05, 4.69) is 30.9 Å². The molecular formula is C31H35N6O4. The van der Waals surface area contributed by atoms with Gasteiger partial charge in [0, 0.05) is 37.2 Å². The molecule has 4 rings (SSSR count). The highest BCUT2D eigenvalue weighted by Crippen LogP contribution is 2.18. The second-order valence-corrected chi connectivity index (χ2v) is 10.1. The minimum Gasteiger partial charge on any atom is -0.445 e. The van der Waals surface area contributed by atoms with Crippen LogP contribution in [-0.4, -0.2) is 44.9 Å². The third-order valence-electron chi connectivity index (χ3n) is 6.40. The Morgan fingerprint density at radius 3 is 2.44 bits per heavy atom. The monoisotopic (exact) mass is 555 g/mol. The lowest BCUT2D eigenvalue weighted by Gasteiger charge is -2.23. The Kier molecular flexibility index (Phi) is 10.4. The number of hydrogen-bond acceptors (Lipinski definition) is 6.